The van der Waals surface area contributed by atoms with Crippen LogP contribution in [0.5, 0.6) is 11.5 Å². The maximum absolute atomic E-state index is 12.6. The highest BCUT2D eigenvalue weighted by Crippen LogP contribution is 2.65. The van der Waals surface area contributed by atoms with Crippen molar-refractivity contribution in [2.45, 2.75) is 81.2 Å². The van der Waals surface area contributed by atoms with E-state index < -0.39 is 11.0 Å². The highest BCUT2D eigenvalue weighted by molar-refractivity contribution is 5.62. The highest BCUT2D eigenvalue weighted by Gasteiger charge is 2.73. The van der Waals surface area contributed by atoms with Crippen LogP contribution in [-0.4, -0.2) is 63.4 Å². The molecule has 2 bridgehead atoms. The molecule has 0 aromatic heterocycles. The Labute approximate surface area is 209 Å². The zero-order chi connectivity index (χ0) is 24.2. The van der Waals surface area contributed by atoms with Crippen molar-refractivity contribution < 1.29 is 14.9 Å². The maximum Gasteiger partial charge on any atom is 0.165 e. The molecule has 2 heterocycles. The summed E-state index contributed by atoms with van der Waals surface area (Å²) in [6.07, 6.45) is 7.33. The fraction of sp³-hybridized carbons (Fsp3) is 0.533. The molecule has 2 fully saturated rings. The number of benzene rings is 2. The minimum atomic E-state index is -0.870. The van der Waals surface area contributed by atoms with E-state index in [9.17, 15) is 10.2 Å². The SMILES string of the molecule is C=CCN1CC[C@]23c4c5ccc(O)c4O[C@H]2[C@H](N(CCCC)Cc2ccccc2)CC[C@@]3(O)[C@H]1C5. The summed E-state index contributed by atoms with van der Waals surface area (Å²) in [6, 6.07) is 14.8. The van der Waals surface area contributed by atoms with Gasteiger partial charge in [0.25, 0.3) is 0 Å². The molecule has 0 radical (unpaired) electrons. The first kappa shape index (κ1) is 23.1. The summed E-state index contributed by atoms with van der Waals surface area (Å²) in [5.41, 5.74) is 2.28. The number of hydrogen-bond donors (Lipinski definition) is 2. The normalized spacial score (nSPS) is 32.8. The summed E-state index contributed by atoms with van der Waals surface area (Å²) >= 11 is 0. The third kappa shape index (κ3) is 3.24. The van der Waals surface area contributed by atoms with Crippen molar-refractivity contribution in [3.8, 4) is 11.5 Å². The predicted octanol–water partition coefficient (Wildman–Crippen LogP) is 4.40. The van der Waals surface area contributed by atoms with E-state index in [2.05, 4.69) is 59.7 Å². The van der Waals surface area contributed by atoms with Gasteiger partial charge in [0.1, 0.15) is 6.10 Å². The molecular formula is C30H38N2O3. The fourth-order valence-corrected chi connectivity index (χ4v) is 7.90. The Bertz CT molecular complexity index is 1100. The third-order valence-corrected chi connectivity index (χ3v) is 9.40. The monoisotopic (exact) mass is 474 g/mol. The van der Waals surface area contributed by atoms with E-state index in [1.807, 2.05) is 6.08 Å². The predicted molar refractivity (Wildman–Crippen MR) is 138 cm³/mol. The topological polar surface area (TPSA) is 56.2 Å². The first-order chi connectivity index (χ1) is 17.0. The molecule has 2 aromatic carbocycles. The Kier molecular flexibility index (Phi) is 5.70. The second-order valence-corrected chi connectivity index (χ2v) is 11.1. The van der Waals surface area contributed by atoms with E-state index in [0.717, 1.165) is 70.3 Å². The molecule has 1 saturated heterocycles. The zero-order valence-electron chi connectivity index (χ0n) is 20.8. The van der Waals surface area contributed by atoms with Crippen molar-refractivity contribution in [1.29, 1.82) is 0 Å². The molecule has 0 unspecified atom stereocenters. The van der Waals surface area contributed by atoms with E-state index in [1.165, 1.54) is 11.1 Å². The summed E-state index contributed by atoms with van der Waals surface area (Å²) in [6.45, 7) is 9.80. The average molecular weight is 475 g/mol. The second kappa shape index (κ2) is 8.65. The molecule has 1 saturated carbocycles. The van der Waals surface area contributed by atoms with Gasteiger partial charge in [-0.3, -0.25) is 9.80 Å². The van der Waals surface area contributed by atoms with Gasteiger partial charge >= 0.3 is 0 Å². The number of piperidine rings is 1. The molecule has 5 atom stereocenters. The lowest BCUT2D eigenvalue weighted by Crippen LogP contribution is -2.78. The van der Waals surface area contributed by atoms with Crippen LogP contribution in [0.4, 0.5) is 0 Å². The van der Waals surface area contributed by atoms with E-state index in [1.54, 1.807) is 6.07 Å². The van der Waals surface area contributed by atoms with Crippen LogP contribution in [0.2, 0.25) is 0 Å². The Hall–Kier alpha value is -2.34. The number of phenolic OH excluding ortho intramolecular Hbond substituents is 1. The number of hydrogen-bond acceptors (Lipinski definition) is 5. The molecule has 2 aliphatic carbocycles. The fourth-order valence-electron chi connectivity index (χ4n) is 7.90. The summed E-state index contributed by atoms with van der Waals surface area (Å²) in [7, 11) is 0. The Balaban J connectivity index is 1.45. The van der Waals surface area contributed by atoms with Gasteiger partial charge in [-0.2, -0.15) is 0 Å². The van der Waals surface area contributed by atoms with Crippen molar-refractivity contribution in [3.63, 3.8) is 0 Å². The van der Waals surface area contributed by atoms with Gasteiger partial charge in [0.2, 0.25) is 0 Å². The Morgan fingerprint density at radius 3 is 2.80 bits per heavy atom. The highest BCUT2D eigenvalue weighted by atomic mass is 16.5. The van der Waals surface area contributed by atoms with Crippen LogP contribution in [0.25, 0.3) is 0 Å². The van der Waals surface area contributed by atoms with Crippen LogP contribution in [0.1, 0.15) is 55.7 Å². The smallest absolute Gasteiger partial charge is 0.165 e. The molecular weight excluding hydrogens is 436 g/mol. The molecule has 35 heavy (non-hydrogen) atoms. The summed E-state index contributed by atoms with van der Waals surface area (Å²) in [4.78, 5) is 5.02. The number of aromatic hydroxyl groups is 1. The van der Waals surface area contributed by atoms with Gasteiger partial charge in [-0.15, -0.1) is 6.58 Å². The van der Waals surface area contributed by atoms with Crippen molar-refractivity contribution in [3.05, 3.63) is 71.8 Å². The lowest BCUT2D eigenvalue weighted by atomic mass is 9.48. The van der Waals surface area contributed by atoms with Crippen molar-refractivity contribution >= 4 is 0 Å². The Morgan fingerprint density at radius 2 is 2.03 bits per heavy atom. The number of likely N-dealkylation sites (tertiary alicyclic amines) is 1. The van der Waals surface area contributed by atoms with Gasteiger partial charge in [0.05, 0.1) is 11.0 Å². The van der Waals surface area contributed by atoms with Gasteiger partial charge < -0.3 is 14.9 Å². The van der Waals surface area contributed by atoms with Crippen molar-refractivity contribution in [2.75, 3.05) is 19.6 Å². The maximum atomic E-state index is 12.6. The minimum absolute atomic E-state index is 0.0440. The molecule has 5 heteroatoms. The molecule has 2 N–H and O–H groups in total. The van der Waals surface area contributed by atoms with E-state index in [-0.39, 0.29) is 23.9 Å². The van der Waals surface area contributed by atoms with Crippen LogP contribution in [-0.2, 0) is 18.4 Å². The van der Waals surface area contributed by atoms with Crippen molar-refractivity contribution in [1.82, 2.24) is 9.80 Å². The van der Waals surface area contributed by atoms with Crippen LogP contribution in [0.15, 0.2) is 55.1 Å². The van der Waals surface area contributed by atoms with Crippen molar-refractivity contribution in [2.24, 2.45) is 0 Å². The van der Waals surface area contributed by atoms with Gasteiger partial charge in [-0.05, 0) is 62.4 Å². The number of nitrogens with zero attached hydrogens (tertiary/aromatic N) is 2. The zero-order valence-corrected chi connectivity index (χ0v) is 20.8. The number of aliphatic hydroxyl groups is 1. The number of phenols is 1. The Morgan fingerprint density at radius 1 is 1.20 bits per heavy atom. The molecule has 2 aliphatic heterocycles. The quantitative estimate of drug-likeness (QED) is 0.556. The summed E-state index contributed by atoms with van der Waals surface area (Å²) in [5, 5.41) is 23.5. The summed E-state index contributed by atoms with van der Waals surface area (Å²) < 4.78 is 6.79. The lowest BCUT2D eigenvalue weighted by molar-refractivity contribution is -0.199. The molecule has 2 aromatic rings. The first-order valence-electron chi connectivity index (χ1n) is 13.4. The van der Waals surface area contributed by atoms with Crippen LogP contribution in [0, 0.1) is 0 Å². The standard InChI is InChI=1S/C30H38N2O3/c1-3-5-17-32(20-21-9-7-6-8-10-21)23-13-14-30(34)25-19-22-11-12-24(33)27-26(22)29(30,28(23)35-27)15-18-31(25)16-4-2/h4,6-12,23,25,28,33-34H,2-3,5,13-20H2,1H3/t23-,25-,28+,29+,30-/m1/s1. The lowest BCUT2D eigenvalue weighted by Gasteiger charge is -2.64. The minimum Gasteiger partial charge on any atom is -0.504 e. The van der Waals surface area contributed by atoms with Gasteiger partial charge in [0, 0.05) is 30.7 Å². The third-order valence-electron chi connectivity index (χ3n) is 9.40. The number of unbranched alkanes of at least 4 members (excludes halogenated alkanes) is 1. The molecule has 6 rings (SSSR count). The second-order valence-electron chi connectivity index (χ2n) is 11.1. The first-order valence-corrected chi connectivity index (χ1v) is 13.4. The van der Waals surface area contributed by atoms with Crippen LogP contribution in [0.3, 0.4) is 0 Å². The molecule has 5 nitrogen and oxygen atoms in total. The molecule has 4 aliphatic rings. The number of ether oxygens (including phenoxy) is 1. The summed E-state index contributed by atoms with van der Waals surface area (Å²) in [5.74, 6) is 0.840. The molecule has 1 spiro atoms. The average Bonchev–Trinajstić information content (AvgIpc) is 3.22. The van der Waals surface area contributed by atoms with Gasteiger partial charge in [-0.1, -0.05) is 55.8 Å². The van der Waals surface area contributed by atoms with E-state index in [0.29, 0.717) is 5.75 Å². The molecule has 186 valence electrons. The van der Waals surface area contributed by atoms with Gasteiger partial charge in [0.15, 0.2) is 11.5 Å². The molecule has 0 amide bonds. The van der Waals surface area contributed by atoms with Crippen LogP contribution < -0.4 is 4.74 Å². The van der Waals surface area contributed by atoms with Gasteiger partial charge in [-0.25, -0.2) is 0 Å². The van der Waals surface area contributed by atoms with E-state index >= 15 is 0 Å². The number of rotatable bonds is 8. The largest absolute Gasteiger partial charge is 0.504 e. The van der Waals surface area contributed by atoms with Crippen LogP contribution >= 0.6 is 0 Å². The van der Waals surface area contributed by atoms with E-state index in [4.69, 9.17) is 4.74 Å².